The normalized spacial score (nSPS) is 28.6. The molecule has 0 radical (unpaired) electrons. The molecule has 0 spiro atoms. The Labute approximate surface area is 153 Å². The Hall–Kier alpha value is -1.50. The summed E-state index contributed by atoms with van der Waals surface area (Å²) in [6.07, 6.45) is 8.40. The summed E-state index contributed by atoms with van der Waals surface area (Å²) in [6, 6.07) is 0. The smallest absolute Gasteiger partial charge is 0.266 e. The summed E-state index contributed by atoms with van der Waals surface area (Å²) in [6.45, 7) is 1.82. The van der Waals surface area contributed by atoms with E-state index in [0.29, 0.717) is 37.9 Å². The molecule has 1 amide bonds. The van der Waals surface area contributed by atoms with Gasteiger partial charge >= 0.3 is 0 Å². The second kappa shape index (κ2) is 7.62. The molecule has 7 heteroatoms. The maximum Gasteiger partial charge on any atom is 0.266 e. The van der Waals surface area contributed by atoms with Crippen molar-refractivity contribution in [2.45, 2.75) is 69.4 Å². The van der Waals surface area contributed by atoms with E-state index in [0.717, 1.165) is 25.7 Å². The fourth-order valence-electron chi connectivity index (χ4n) is 4.47. The maximum absolute atomic E-state index is 15.4. The first-order valence-corrected chi connectivity index (χ1v) is 10.0. The van der Waals surface area contributed by atoms with Gasteiger partial charge < -0.3 is 14.2 Å². The average molecular weight is 365 g/mol. The third-order valence-corrected chi connectivity index (χ3v) is 6.17. The van der Waals surface area contributed by atoms with Crippen molar-refractivity contribution in [2.24, 2.45) is 5.92 Å². The third-order valence-electron chi connectivity index (χ3n) is 6.17. The van der Waals surface area contributed by atoms with Gasteiger partial charge in [-0.3, -0.25) is 4.79 Å². The van der Waals surface area contributed by atoms with E-state index in [1.807, 2.05) is 0 Å². The van der Waals surface area contributed by atoms with Crippen LogP contribution in [0, 0.1) is 5.92 Å². The van der Waals surface area contributed by atoms with Gasteiger partial charge in [0.1, 0.15) is 0 Å². The van der Waals surface area contributed by atoms with Crippen molar-refractivity contribution in [3.8, 4) is 0 Å². The highest BCUT2D eigenvalue weighted by molar-refractivity contribution is 5.77. The number of carbonyl (C=O) groups is 1. The van der Waals surface area contributed by atoms with E-state index in [1.54, 1.807) is 4.90 Å². The minimum absolute atomic E-state index is 0.0342. The minimum atomic E-state index is -1.71. The molecular weight excluding hydrogens is 337 g/mol. The van der Waals surface area contributed by atoms with Gasteiger partial charge in [0, 0.05) is 38.5 Å². The van der Waals surface area contributed by atoms with E-state index in [2.05, 4.69) is 10.1 Å². The molecule has 0 bridgehead atoms. The maximum atomic E-state index is 15.4. The monoisotopic (exact) mass is 365 g/mol. The van der Waals surface area contributed by atoms with Crippen LogP contribution in [-0.2, 0) is 15.2 Å². The molecule has 3 heterocycles. The summed E-state index contributed by atoms with van der Waals surface area (Å²) in [7, 11) is 0. The number of carbonyl (C=O) groups excluding carboxylic acids is 1. The van der Waals surface area contributed by atoms with Crippen LogP contribution in [0.2, 0.25) is 0 Å². The number of alkyl halides is 1. The molecule has 1 unspecified atom stereocenters. The Balaban J connectivity index is 1.37. The molecule has 1 atom stereocenters. The molecule has 1 saturated carbocycles. The lowest BCUT2D eigenvalue weighted by Crippen LogP contribution is -2.33. The number of nitrogens with zero attached hydrogens (tertiary/aromatic N) is 3. The van der Waals surface area contributed by atoms with E-state index in [9.17, 15) is 4.79 Å². The molecular formula is C19H28FN3O3. The first-order chi connectivity index (χ1) is 12.6. The largest absolute Gasteiger partial charge is 0.381 e. The standard InChI is InChI=1S/C19H28FN3O3/c20-19(18-21-17(22-26-18)15-6-10-25-11-7-15)8-9-23(13-19)16(24)12-14-4-2-1-3-5-14/h14-15H,1-13H2. The number of rotatable bonds is 4. The molecule has 0 aromatic carbocycles. The lowest BCUT2D eigenvalue weighted by molar-refractivity contribution is -0.132. The summed E-state index contributed by atoms with van der Waals surface area (Å²) in [5.74, 6) is 1.32. The fourth-order valence-corrected chi connectivity index (χ4v) is 4.47. The number of halogens is 1. The van der Waals surface area contributed by atoms with Gasteiger partial charge in [-0.25, -0.2) is 4.39 Å². The molecule has 3 fully saturated rings. The van der Waals surface area contributed by atoms with Gasteiger partial charge in [0.05, 0.1) is 6.54 Å². The summed E-state index contributed by atoms with van der Waals surface area (Å²) >= 11 is 0. The lowest BCUT2D eigenvalue weighted by Gasteiger charge is -2.24. The van der Waals surface area contributed by atoms with Crippen LogP contribution in [0.25, 0.3) is 0 Å². The molecule has 1 aliphatic carbocycles. The Kier molecular flexibility index (Phi) is 5.25. The third kappa shape index (κ3) is 3.77. The van der Waals surface area contributed by atoms with E-state index in [-0.39, 0.29) is 30.7 Å². The Morgan fingerprint density at radius 2 is 1.96 bits per heavy atom. The average Bonchev–Trinajstić information content (AvgIpc) is 3.32. The van der Waals surface area contributed by atoms with Gasteiger partial charge in [0.15, 0.2) is 5.82 Å². The summed E-state index contributed by atoms with van der Waals surface area (Å²) < 4.78 is 26.0. The zero-order valence-electron chi connectivity index (χ0n) is 15.3. The molecule has 4 rings (SSSR count). The number of hydrogen-bond donors (Lipinski definition) is 0. The van der Waals surface area contributed by atoms with Gasteiger partial charge in [-0.15, -0.1) is 0 Å². The molecule has 1 aromatic rings. The van der Waals surface area contributed by atoms with Crippen LogP contribution in [0.15, 0.2) is 4.52 Å². The first-order valence-electron chi connectivity index (χ1n) is 10.0. The van der Waals surface area contributed by atoms with Crippen LogP contribution < -0.4 is 0 Å². The zero-order valence-corrected chi connectivity index (χ0v) is 15.3. The number of likely N-dealkylation sites (tertiary alicyclic amines) is 1. The van der Waals surface area contributed by atoms with E-state index < -0.39 is 5.67 Å². The highest BCUT2D eigenvalue weighted by atomic mass is 19.1. The van der Waals surface area contributed by atoms with Crippen LogP contribution in [-0.4, -0.2) is 47.3 Å². The molecule has 1 aromatic heterocycles. The topological polar surface area (TPSA) is 68.5 Å². The van der Waals surface area contributed by atoms with Gasteiger partial charge in [0.25, 0.3) is 5.89 Å². The zero-order chi connectivity index (χ0) is 18.0. The predicted octanol–water partition coefficient (Wildman–Crippen LogP) is 3.33. The fraction of sp³-hybridized carbons (Fsp3) is 0.842. The van der Waals surface area contributed by atoms with Crippen LogP contribution in [0.4, 0.5) is 4.39 Å². The van der Waals surface area contributed by atoms with Crippen molar-refractivity contribution in [1.82, 2.24) is 15.0 Å². The second-order valence-corrected chi connectivity index (χ2v) is 8.08. The van der Waals surface area contributed by atoms with Gasteiger partial charge in [0.2, 0.25) is 11.6 Å². The number of aromatic nitrogens is 2. The first kappa shape index (κ1) is 17.9. The van der Waals surface area contributed by atoms with Crippen LogP contribution in [0.5, 0.6) is 0 Å². The van der Waals surface area contributed by atoms with Crippen molar-refractivity contribution < 1.29 is 18.4 Å². The van der Waals surface area contributed by atoms with E-state index in [1.165, 1.54) is 19.3 Å². The van der Waals surface area contributed by atoms with Crippen molar-refractivity contribution >= 4 is 5.91 Å². The Morgan fingerprint density at radius 3 is 2.73 bits per heavy atom. The Bertz CT molecular complexity index is 625. The molecule has 6 nitrogen and oxygen atoms in total. The summed E-state index contributed by atoms with van der Waals surface area (Å²) in [4.78, 5) is 18.6. The van der Waals surface area contributed by atoms with Gasteiger partial charge in [-0.2, -0.15) is 4.98 Å². The SMILES string of the molecule is O=C(CC1CCCCC1)N1CCC(F)(c2nc(C3CCOCC3)no2)C1. The number of hydrogen-bond acceptors (Lipinski definition) is 5. The lowest BCUT2D eigenvalue weighted by atomic mass is 9.87. The second-order valence-electron chi connectivity index (χ2n) is 8.08. The summed E-state index contributed by atoms with van der Waals surface area (Å²) in [5, 5.41) is 4.01. The quantitative estimate of drug-likeness (QED) is 0.819. The molecule has 0 N–H and O–H groups in total. The molecule has 2 aliphatic heterocycles. The van der Waals surface area contributed by atoms with Crippen LogP contribution in [0.3, 0.4) is 0 Å². The molecule has 2 saturated heterocycles. The van der Waals surface area contributed by atoms with Crippen molar-refractivity contribution in [3.05, 3.63) is 11.7 Å². The van der Waals surface area contributed by atoms with E-state index in [4.69, 9.17) is 9.26 Å². The summed E-state index contributed by atoms with van der Waals surface area (Å²) in [5.41, 5.74) is -1.71. The van der Waals surface area contributed by atoms with Crippen molar-refractivity contribution in [1.29, 1.82) is 0 Å². The predicted molar refractivity (Wildman–Crippen MR) is 92.3 cm³/mol. The van der Waals surface area contributed by atoms with Gasteiger partial charge in [-0.05, 0) is 31.6 Å². The highest BCUT2D eigenvalue weighted by Crippen LogP contribution is 2.37. The molecule has 26 heavy (non-hydrogen) atoms. The van der Waals surface area contributed by atoms with E-state index >= 15 is 4.39 Å². The van der Waals surface area contributed by atoms with Crippen LogP contribution >= 0.6 is 0 Å². The number of ether oxygens (including phenoxy) is 1. The van der Waals surface area contributed by atoms with Crippen molar-refractivity contribution in [2.75, 3.05) is 26.3 Å². The number of amides is 1. The minimum Gasteiger partial charge on any atom is -0.381 e. The highest BCUT2D eigenvalue weighted by Gasteiger charge is 2.46. The molecule has 144 valence electrons. The van der Waals surface area contributed by atoms with Gasteiger partial charge in [-0.1, -0.05) is 24.4 Å². The molecule has 3 aliphatic rings. The Morgan fingerprint density at radius 1 is 1.19 bits per heavy atom. The van der Waals surface area contributed by atoms with Crippen molar-refractivity contribution in [3.63, 3.8) is 0 Å². The van der Waals surface area contributed by atoms with Crippen LogP contribution in [0.1, 0.15) is 75.4 Å².